The lowest BCUT2D eigenvalue weighted by molar-refractivity contribution is -0.221. The summed E-state index contributed by atoms with van der Waals surface area (Å²) in [5, 5.41) is -0.135. The monoisotopic (exact) mass is 295 g/mol. The molecule has 2 aliphatic heterocycles. The van der Waals surface area contributed by atoms with E-state index in [0.29, 0.717) is 0 Å². The largest absolute Gasteiger partial charge is 0.372 e. The van der Waals surface area contributed by atoms with Crippen molar-refractivity contribution >= 4 is 23.2 Å². The average Bonchev–Trinajstić information content (AvgIpc) is 2.89. The molecule has 0 aromatic carbocycles. The van der Waals surface area contributed by atoms with Crippen LogP contribution in [0.4, 0.5) is 8.78 Å². The van der Waals surface area contributed by atoms with Crippen molar-refractivity contribution in [1.29, 1.82) is 0 Å². The van der Waals surface area contributed by atoms with E-state index in [-0.39, 0.29) is 41.6 Å². The van der Waals surface area contributed by atoms with E-state index in [9.17, 15) is 8.78 Å². The van der Waals surface area contributed by atoms with Gasteiger partial charge in [-0.2, -0.15) is 8.78 Å². The zero-order valence-corrected chi connectivity index (χ0v) is 10.6. The average molecular weight is 296 g/mol. The fourth-order valence-corrected chi connectivity index (χ4v) is 2.88. The first-order valence-corrected chi connectivity index (χ1v) is 6.15. The van der Waals surface area contributed by atoms with Crippen LogP contribution in [0.1, 0.15) is 12.0 Å². The summed E-state index contributed by atoms with van der Waals surface area (Å²) in [6, 6.07) is 2.22. The molecule has 2 saturated heterocycles. The highest BCUT2D eigenvalue weighted by atomic mass is 35.5. The third kappa shape index (κ3) is 1.72. The molecule has 1 aromatic heterocycles. The predicted octanol–water partition coefficient (Wildman–Crippen LogP) is 3.04. The van der Waals surface area contributed by atoms with Crippen LogP contribution in [-0.4, -0.2) is 29.9 Å². The maximum absolute atomic E-state index is 14.6. The molecule has 2 atom stereocenters. The summed E-state index contributed by atoms with van der Waals surface area (Å²) < 4.78 is 39.6. The molecule has 1 aromatic rings. The first-order chi connectivity index (χ1) is 8.43. The second-order valence-electron chi connectivity index (χ2n) is 4.52. The molecular weight excluding hydrogens is 287 g/mol. The van der Waals surface area contributed by atoms with Crippen LogP contribution in [0.2, 0.25) is 10.3 Å². The fraction of sp³-hybridized carbons (Fsp3) is 0.545. The third-order valence-electron chi connectivity index (χ3n) is 3.35. The van der Waals surface area contributed by atoms with Gasteiger partial charge >= 0.3 is 5.92 Å². The quantitative estimate of drug-likeness (QED) is 0.786. The topological polar surface area (TPSA) is 31.4 Å². The van der Waals surface area contributed by atoms with Crippen molar-refractivity contribution in [3.63, 3.8) is 0 Å². The number of alkyl halides is 2. The molecule has 0 saturated carbocycles. The van der Waals surface area contributed by atoms with Gasteiger partial charge in [0.15, 0.2) is 5.60 Å². The zero-order valence-electron chi connectivity index (χ0n) is 9.13. The van der Waals surface area contributed by atoms with Crippen LogP contribution in [0.5, 0.6) is 0 Å². The number of hydrogen-bond donors (Lipinski definition) is 0. The first kappa shape index (κ1) is 12.5. The maximum Gasteiger partial charge on any atom is 0.304 e. The number of fused-ring (bicyclic) bond motifs is 2. The van der Waals surface area contributed by atoms with E-state index < -0.39 is 11.5 Å². The van der Waals surface area contributed by atoms with Crippen LogP contribution in [0, 0.1) is 0 Å². The molecule has 0 radical (unpaired) electrons. The first-order valence-electron chi connectivity index (χ1n) is 5.40. The van der Waals surface area contributed by atoms with Crippen LogP contribution in [-0.2, 0) is 15.4 Å². The van der Waals surface area contributed by atoms with E-state index in [4.69, 9.17) is 32.7 Å². The van der Waals surface area contributed by atoms with Crippen LogP contribution in [0.15, 0.2) is 12.1 Å². The molecule has 3 heterocycles. The van der Waals surface area contributed by atoms with E-state index in [2.05, 4.69) is 4.98 Å². The minimum absolute atomic E-state index is 0.0676. The molecule has 2 fully saturated rings. The molecule has 18 heavy (non-hydrogen) atoms. The van der Waals surface area contributed by atoms with Crippen LogP contribution < -0.4 is 0 Å². The maximum atomic E-state index is 14.6. The van der Waals surface area contributed by atoms with Crippen molar-refractivity contribution in [1.82, 2.24) is 4.98 Å². The minimum Gasteiger partial charge on any atom is -0.372 e. The summed E-state index contributed by atoms with van der Waals surface area (Å²) in [7, 11) is 0. The number of halogens is 4. The van der Waals surface area contributed by atoms with Gasteiger partial charge in [-0.1, -0.05) is 23.2 Å². The van der Waals surface area contributed by atoms with Crippen molar-refractivity contribution in [2.45, 2.75) is 24.0 Å². The van der Waals surface area contributed by atoms with E-state index in [1.807, 2.05) is 0 Å². The highest BCUT2D eigenvalue weighted by molar-refractivity contribution is 6.32. The highest BCUT2D eigenvalue weighted by Crippen LogP contribution is 2.51. The van der Waals surface area contributed by atoms with Gasteiger partial charge in [0.05, 0.1) is 19.3 Å². The second-order valence-corrected chi connectivity index (χ2v) is 5.29. The van der Waals surface area contributed by atoms with E-state index in [0.717, 1.165) is 12.1 Å². The lowest BCUT2D eigenvalue weighted by atomic mass is 9.89. The Kier molecular flexibility index (Phi) is 2.79. The summed E-state index contributed by atoms with van der Waals surface area (Å²) in [4.78, 5) is 3.66. The lowest BCUT2D eigenvalue weighted by Crippen LogP contribution is -2.47. The van der Waals surface area contributed by atoms with E-state index >= 15 is 0 Å². The Morgan fingerprint density at radius 1 is 1.33 bits per heavy atom. The highest BCUT2D eigenvalue weighted by Gasteiger charge is 2.64. The van der Waals surface area contributed by atoms with Gasteiger partial charge in [-0.3, -0.25) is 0 Å². The smallest absolute Gasteiger partial charge is 0.304 e. The molecule has 3 rings (SSSR count). The Morgan fingerprint density at radius 2 is 2.00 bits per heavy atom. The number of nitrogens with zero attached hydrogens (tertiary/aromatic N) is 1. The van der Waals surface area contributed by atoms with E-state index in [1.54, 1.807) is 0 Å². The Hall–Kier alpha value is -0.490. The Balaban J connectivity index is 2.03. The number of rotatable bonds is 2. The summed E-state index contributed by atoms with van der Waals surface area (Å²) in [5.74, 6) is -3.21. The van der Waals surface area contributed by atoms with Crippen LogP contribution >= 0.6 is 23.2 Å². The van der Waals surface area contributed by atoms with Crippen molar-refractivity contribution in [3.05, 3.63) is 28.0 Å². The standard InChI is InChI=1S/C11H9Cl2F2NO2/c12-8-1-6(2-9(13)16-8)11(14,15)10-3-7(4-18-10)17-5-10/h1-2,7H,3-5H2. The molecule has 2 aliphatic rings. The third-order valence-corrected chi connectivity index (χ3v) is 3.74. The van der Waals surface area contributed by atoms with E-state index in [1.165, 1.54) is 0 Å². The lowest BCUT2D eigenvalue weighted by Gasteiger charge is -2.34. The normalized spacial score (nSPS) is 31.0. The van der Waals surface area contributed by atoms with Crippen LogP contribution in [0.25, 0.3) is 0 Å². The van der Waals surface area contributed by atoms with Gasteiger partial charge in [0.1, 0.15) is 10.3 Å². The molecular formula is C11H9Cl2F2NO2. The van der Waals surface area contributed by atoms with Gasteiger partial charge < -0.3 is 9.47 Å². The van der Waals surface area contributed by atoms with Gasteiger partial charge in [-0.15, -0.1) is 0 Å². The SMILES string of the molecule is FC(F)(c1cc(Cl)nc(Cl)c1)C12COC(CO1)C2. The molecule has 3 nitrogen and oxygen atoms in total. The van der Waals surface area contributed by atoms with Crippen molar-refractivity contribution in [3.8, 4) is 0 Å². The predicted molar refractivity (Wildman–Crippen MR) is 61.2 cm³/mol. The Morgan fingerprint density at radius 3 is 2.44 bits per heavy atom. The summed E-state index contributed by atoms with van der Waals surface area (Å²) in [5.41, 5.74) is -1.90. The summed E-state index contributed by atoms with van der Waals surface area (Å²) in [6.45, 7) is 0.0738. The number of aromatic nitrogens is 1. The zero-order chi connectivity index (χ0) is 13.0. The second kappa shape index (κ2) is 4.00. The van der Waals surface area contributed by atoms with Gasteiger partial charge in [0.2, 0.25) is 0 Å². The molecule has 0 amide bonds. The van der Waals surface area contributed by atoms with Gasteiger partial charge in [0, 0.05) is 12.0 Å². The summed E-state index contributed by atoms with van der Waals surface area (Å²) >= 11 is 11.3. The molecule has 0 spiro atoms. The Bertz CT molecular complexity index is 470. The van der Waals surface area contributed by atoms with Gasteiger partial charge in [-0.25, -0.2) is 4.98 Å². The fourth-order valence-electron chi connectivity index (χ4n) is 2.42. The molecule has 7 heteroatoms. The molecule has 2 bridgehead atoms. The molecule has 0 aliphatic carbocycles. The van der Waals surface area contributed by atoms with Crippen LogP contribution in [0.3, 0.4) is 0 Å². The van der Waals surface area contributed by atoms with Gasteiger partial charge in [0.25, 0.3) is 0 Å². The van der Waals surface area contributed by atoms with Crippen molar-refractivity contribution in [2.24, 2.45) is 0 Å². The molecule has 2 unspecified atom stereocenters. The summed E-state index contributed by atoms with van der Waals surface area (Å²) in [6.07, 6.45) is -0.0685. The number of pyridine rings is 1. The molecule has 0 N–H and O–H groups in total. The number of hydrogen-bond acceptors (Lipinski definition) is 3. The Labute approximate surface area is 112 Å². The minimum atomic E-state index is -3.21. The van der Waals surface area contributed by atoms with Gasteiger partial charge in [-0.05, 0) is 12.1 Å². The van der Waals surface area contributed by atoms with Crippen molar-refractivity contribution in [2.75, 3.05) is 13.2 Å². The number of ether oxygens (including phenoxy) is 2. The molecule has 98 valence electrons. The van der Waals surface area contributed by atoms with Crippen molar-refractivity contribution < 1.29 is 18.3 Å².